The predicted octanol–water partition coefficient (Wildman–Crippen LogP) is 3.93. The smallest absolute Gasteiger partial charge is 0.171 e. The summed E-state index contributed by atoms with van der Waals surface area (Å²) in [4.78, 5) is 16.8. The lowest BCUT2D eigenvalue weighted by Gasteiger charge is -2.02. The number of nitrogens with zero attached hydrogens (tertiary/aromatic N) is 2. The largest absolute Gasteiger partial charge is 0.346 e. The summed E-state index contributed by atoms with van der Waals surface area (Å²) < 4.78 is 2.25. The quantitative estimate of drug-likeness (QED) is 0.669. The molecule has 0 radical (unpaired) electrons. The van der Waals surface area contributed by atoms with Crippen molar-refractivity contribution in [2.24, 2.45) is 5.92 Å². The molecule has 1 aliphatic carbocycles. The summed E-state index contributed by atoms with van der Waals surface area (Å²) in [6.07, 6.45) is 6.82. The summed E-state index contributed by atoms with van der Waals surface area (Å²) >= 11 is 1.54. The number of benzene rings is 1. The molecule has 1 aromatic carbocycles. The zero-order chi connectivity index (χ0) is 14.2. The van der Waals surface area contributed by atoms with Crippen molar-refractivity contribution in [3.8, 4) is 0 Å². The summed E-state index contributed by atoms with van der Waals surface area (Å²) in [7, 11) is 0. The van der Waals surface area contributed by atoms with E-state index in [9.17, 15) is 4.79 Å². The first-order valence-corrected chi connectivity index (χ1v) is 8.18. The summed E-state index contributed by atoms with van der Waals surface area (Å²) in [5.74, 6) is 0.957. The number of fused-ring (bicyclic) bond motifs is 1. The van der Waals surface area contributed by atoms with E-state index in [2.05, 4.69) is 15.6 Å². The fourth-order valence-corrected chi connectivity index (χ4v) is 3.39. The molecule has 3 nitrogen and oxygen atoms in total. The minimum absolute atomic E-state index is 0.163. The standard InChI is InChI=1S/C17H16N2OS/c20-16(9-17-18-7-8-21-17)14-11-19(10-12-5-6-12)15-4-2-1-3-13(14)15/h1-4,7-8,11-12H,5-6,9-10H2. The lowest BCUT2D eigenvalue weighted by molar-refractivity contribution is 0.0994. The fraction of sp³-hybridized carbons (Fsp3) is 0.294. The van der Waals surface area contributed by atoms with Crippen molar-refractivity contribution in [1.82, 2.24) is 9.55 Å². The number of Topliss-reactive ketones (excluding diaryl/α,β-unsaturated/α-hetero) is 1. The molecule has 1 aliphatic rings. The van der Waals surface area contributed by atoms with Gasteiger partial charge >= 0.3 is 0 Å². The van der Waals surface area contributed by atoms with Gasteiger partial charge in [0.15, 0.2) is 5.78 Å². The summed E-state index contributed by atoms with van der Waals surface area (Å²) in [5.41, 5.74) is 2.01. The van der Waals surface area contributed by atoms with Crippen molar-refractivity contribution in [2.45, 2.75) is 25.8 Å². The van der Waals surface area contributed by atoms with Crippen LogP contribution in [0.5, 0.6) is 0 Å². The Morgan fingerprint density at radius 3 is 2.95 bits per heavy atom. The van der Waals surface area contributed by atoms with Gasteiger partial charge in [0.05, 0.1) is 6.42 Å². The number of hydrogen-bond donors (Lipinski definition) is 0. The van der Waals surface area contributed by atoms with E-state index in [4.69, 9.17) is 0 Å². The van der Waals surface area contributed by atoms with E-state index in [1.807, 2.05) is 29.8 Å². The maximum absolute atomic E-state index is 12.6. The lowest BCUT2D eigenvalue weighted by Crippen LogP contribution is -2.03. The molecule has 21 heavy (non-hydrogen) atoms. The third kappa shape index (κ3) is 2.51. The molecule has 0 atom stereocenters. The van der Waals surface area contributed by atoms with Crippen LogP contribution in [0.3, 0.4) is 0 Å². The highest BCUT2D eigenvalue weighted by Crippen LogP contribution is 2.33. The van der Waals surface area contributed by atoms with Crippen molar-refractivity contribution < 1.29 is 4.79 Å². The van der Waals surface area contributed by atoms with Crippen LogP contribution in [0.1, 0.15) is 28.2 Å². The molecule has 0 unspecified atom stereocenters. The van der Waals surface area contributed by atoms with Gasteiger partial charge in [-0.2, -0.15) is 0 Å². The highest BCUT2D eigenvalue weighted by molar-refractivity contribution is 7.09. The number of carbonyl (C=O) groups is 1. The number of rotatable bonds is 5. The molecule has 2 aromatic heterocycles. The van der Waals surface area contributed by atoms with Gasteiger partial charge in [-0.3, -0.25) is 4.79 Å². The molecule has 2 heterocycles. The van der Waals surface area contributed by atoms with Crippen LogP contribution in [-0.2, 0) is 13.0 Å². The molecule has 1 saturated carbocycles. The van der Waals surface area contributed by atoms with Crippen LogP contribution in [0.15, 0.2) is 42.0 Å². The van der Waals surface area contributed by atoms with Crippen LogP contribution in [0.2, 0.25) is 0 Å². The number of hydrogen-bond acceptors (Lipinski definition) is 3. The normalized spacial score (nSPS) is 14.7. The molecule has 0 aliphatic heterocycles. The van der Waals surface area contributed by atoms with Crippen molar-refractivity contribution >= 4 is 28.0 Å². The van der Waals surface area contributed by atoms with Crippen LogP contribution < -0.4 is 0 Å². The molecule has 0 bridgehead atoms. The van der Waals surface area contributed by atoms with E-state index in [0.717, 1.165) is 28.4 Å². The van der Waals surface area contributed by atoms with Gasteiger partial charge in [0.1, 0.15) is 5.01 Å². The van der Waals surface area contributed by atoms with E-state index >= 15 is 0 Å². The Hall–Kier alpha value is -1.94. The van der Waals surface area contributed by atoms with Crippen LogP contribution in [0.4, 0.5) is 0 Å². The first-order chi connectivity index (χ1) is 10.3. The monoisotopic (exact) mass is 296 g/mol. The second-order valence-corrected chi connectivity index (χ2v) is 6.66. The van der Waals surface area contributed by atoms with Crippen LogP contribution in [0.25, 0.3) is 10.9 Å². The molecule has 0 saturated heterocycles. The van der Waals surface area contributed by atoms with Crippen molar-refractivity contribution in [3.05, 3.63) is 52.6 Å². The van der Waals surface area contributed by atoms with E-state index in [1.165, 1.54) is 18.4 Å². The second-order valence-electron chi connectivity index (χ2n) is 5.68. The van der Waals surface area contributed by atoms with Gasteiger partial charge in [0, 0.05) is 40.8 Å². The molecule has 4 heteroatoms. The van der Waals surface area contributed by atoms with Gasteiger partial charge in [0.25, 0.3) is 0 Å². The van der Waals surface area contributed by atoms with Crippen LogP contribution >= 0.6 is 11.3 Å². The van der Waals surface area contributed by atoms with Gasteiger partial charge in [0.2, 0.25) is 0 Å². The predicted molar refractivity (Wildman–Crippen MR) is 84.8 cm³/mol. The maximum atomic E-state index is 12.6. The van der Waals surface area contributed by atoms with Gasteiger partial charge in [-0.25, -0.2) is 4.98 Å². The first-order valence-electron chi connectivity index (χ1n) is 7.31. The molecular weight excluding hydrogens is 280 g/mol. The Labute approximate surface area is 127 Å². The zero-order valence-corrected chi connectivity index (χ0v) is 12.5. The lowest BCUT2D eigenvalue weighted by atomic mass is 10.1. The number of para-hydroxylation sites is 1. The van der Waals surface area contributed by atoms with Crippen molar-refractivity contribution in [3.63, 3.8) is 0 Å². The van der Waals surface area contributed by atoms with Crippen molar-refractivity contribution in [1.29, 1.82) is 0 Å². The molecule has 3 aromatic rings. The summed E-state index contributed by atoms with van der Waals surface area (Å²) in [5, 5.41) is 3.87. The van der Waals surface area contributed by atoms with Gasteiger partial charge in [-0.15, -0.1) is 11.3 Å². The SMILES string of the molecule is O=C(Cc1nccs1)c1cn(CC2CC2)c2ccccc12. The Morgan fingerprint density at radius 2 is 2.19 bits per heavy atom. The first kappa shape index (κ1) is 12.8. The highest BCUT2D eigenvalue weighted by atomic mass is 32.1. The third-order valence-corrected chi connectivity index (χ3v) is 4.82. The van der Waals surface area contributed by atoms with Gasteiger partial charge in [-0.05, 0) is 24.8 Å². The number of aromatic nitrogens is 2. The molecule has 0 amide bonds. The minimum atomic E-state index is 0.163. The molecule has 106 valence electrons. The van der Waals surface area contributed by atoms with Gasteiger partial charge in [-0.1, -0.05) is 18.2 Å². The van der Waals surface area contributed by atoms with E-state index in [-0.39, 0.29) is 5.78 Å². The fourth-order valence-electron chi connectivity index (χ4n) is 2.77. The topological polar surface area (TPSA) is 34.9 Å². The Bertz CT molecular complexity index is 784. The number of carbonyl (C=O) groups excluding carboxylic acids is 1. The van der Waals surface area contributed by atoms with E-state index in [1.54, 1.807) is 17.5 Å². The zero-order valence-electron chi connectivity index (χ0n) is 11.7. The minimum Gasteiger partial charge on any atom is -0.346 e. The molecule has 0 N–H and O–H groups in total. The molecule has 4 rings (SSSR count). The Morgan fingerprint density at radius 1 is 1.33 bits per heavy atom. The number of thiazole rings is 1. The Balaban J connectivity index is 1.71. The third-order valence-electron chi connectivity index (χ3n) is 4.04. The van der Waals surface area contributed by atoms with Gasteiger partial charge < -0.3 is 4.57 Å². The second kappa shape index (κ2) is 5.11. The number of ketones is 1. The summed E-state index contributed by atoms with van der Waals surface area (Å²) in [6.45, 7) is 1.03. The Kier molecular flexibility index (Phi) is 3.11. The summed E-state index contributed by atoms with van der Waals surface area (Å²) in [6, 6.07) is 8.20. The maximum Gasteiger partial charge on any atom is 0.171 e. The van der Waals surface area contributed by atoms with Crippen LogP contribution in [0, 0.1) is 5.92 Å². The van der Waals surface area contributed by atoms with E-state index in [0.29, 0.717) is 6.42 Å². The average Bonchev–Trinajstić information content (AvgIpc) is 3.02. The van der Waals surface area contributed by atoms with E-state index < -0.39 is 0 Å². The molecule has 1 fully saturated rings. The highest BCUT2D eigenvalue weighted by Gasteiger charge is 2.24. The van der Waals surface area contributed by atoms with Crippen LogP contribution in [-0.4, -0.2) is 15.3 Å². The molecule has 0 spiro atoms. The molecular formula is C17H16N2OS. The van der Waals surface area contributed by atoms with Crippen molar-refractivity contribution in [2.75, 3.05) is 0 Å². The average molecular weight is 296 g/mol.